The van der Waals surface area contributed by atoms with Gasteiger partial charge in [0.1, 0.15) is 12.1 Å². The van der Waals surface area contributed by atoms with Crippen molar-refractivity contribution in [3.8, 4) is 11.3 Å². The zero-order valence-electron chi connectivity index (χ0n) is 18.0. The van der Waals surface area contributed by atoms with E-state index in [4.69, 9.17) is 13.8 Å². The Morgan fingerprint density at radius 1 is 0.774 bits per heavy atom. The van der Waals surface area contributed by atoms with Crippen LogP contribution >= 0.6 is 0 Å². The first-order valence-electron chi connectivity index (χ1n) is 10.5. The summed E-state index contributed by atoms with van der Waals surface area (Å²) in [5.74, 6) is 0.860. The smallest absolute Gasteiger partial charge is 0.231 e. The lowest BCUT2D eigenvalue weighted by molar-refractivity contribution is 0.568. The average Bonchev–Trinajstić information content (AvgIpc) is 3.31. The molecule has 0 unspecified atom stereocenters. The Morgan fingerprint density at radius 2 is 1.61 bits per heavy atom. The summed E-state index contributed by atoms with van der Waals surface area (Å²) in [6.45, 7) is 8.69. The molecule has 0 aliphatic carbocycles. The van der Waals surface area contributed by atoms with Gasteiger partial charge in [0.25, 0.3) is 0 Å². The van der Waals surface area contributed by atoms with Crippen molar-refractivity contribution in [1.29, 1.82) is 0 Å². The summed E-state index contributed by atoms with van der Waals surface area (Å²) < 4.78 is 12.1. The molecular formula is C27H22N2O2. The van der Waals surface area contributed by atoms with Crippen molar-refractivity contribution in [2.24, 2.45) is 0 Å². The van der Waals surface area contributed by atoms with Crippen molar-refractivity contribution in [2.75, 3.05) is 0 Å². The van der Waals surface area contributed by atoms with Crippen molar-refractivity contribution in [3.63, 3.8) is 0 Å². The van der Waals surface area contributed by atoms with Crippen molar-refractivity contribution in [3.05, 3.63) is 72.2 Å². The number of fused-ring (bicyclic) bond motifs is 6. The molecule has 4 nitrogen and oxygen atoms in total. The lowest BCUT2D eigenvalue weighted by Crippen LogP contribution is -2.12. The standard InChI is InChI=1S/C27H22N2O2/c1-15-11-17-9-10-20-22-23(28-14-29-26(22)31-25(20)24(17)30-15)18-12-16-7-5-6-8-19(16)21(13-18)27(2,3)4/h5-14H,1-4H3. The van der Waals surface area contributed by atoms with Gasteiger partial charge in [0.2, 0.25) is 5.71 Å². The summed E-state index contributed by atoms with van der Waals surface area (Å²) in [4.78, 5) is 9.15. The zero-order chi connectivity index (χ0) is 21.3. The van der Waals surface area contributed by atoms with Gasteiger partial charge in [-0.3, -0.25) is 0 Å². The Balaban J connectivity index is 1.72. The highest BCUT2D eigenvalue weighted by Crippen LogP contribution is 2.40. The normalized spacial score (nSPS) is 12.5. The Kier molecular flexibility index (Phi) is 3.61. The maximum Gasteiger partial charge on any atom is 0.231 e. The maximum absolute atomic E-state index is 6.18. The number of nitrogens with zero attached hydrogens (tertiary/aromatic N) is 2. The van der Waals surface area contributed by atoms with E-state index in [9.17, 15) is 0 Å². The number of aryl methyl sites for hydroxylation is 1. The van der Waals surface area contributed by atoms with Crippen molar-refractivity contribution in [1.82, 2.24) is 9.97 Å². The van der Waals surface area contributed by atoms with Gasteiger partial charge < -0.3 is 8.83 Å². The minimum atomic E-state index is -0.00190. The second-order valence-electron chi connectivity index (χ2n) is 9.22. The lowest BCUT2D eigenvalue weighted by Gasteiger charge is -2.22. The molecule has 0 saturated carbocycles. The fourth-order valence-electron chi connectivity index (χ4n) is 4.58. The molecule has 0 N–H and O–H groups in total. The summed E-state index contributed by atoms with van der Waals surface area (Å²) in [5.41, 5.74) is 5.29. The molecule has 0 amide bonds. The topological polar surface area (TPSA) is 52.1 Å². The van der Waals surface area contributed by atoms with Gasteiger partial charge >= 0.3 is 0 Å². The molecule has 0 radical (unpaired) electrons. The van der Waals surface area contributed by atoms with Gasteiger partial charge in [0.05, 0.1) is 11.1 Å². The van der Waals surface area contributed by atoms with Gasteiger partial charge in [-0.2, -0.15) is 0 Å². The van der Waals surface area contributed by atoms with Crippen LogP contribution in [0.5, 0.6) is 0 Å². The van der Waals surface area contributed by atoms with E-state index in [0.29, 0.717) is 5.71 Å². The van der Waals surface area contributed by atoms with Crippen LogP contribution in [-0.2, 0) is 5.41 Å². The highest BCUT2D eigenvalue weighted by atomic mass is 16.4. The third-order valence-corrected chi connectivity index (χ3v) is 5.99. The molecule has 0 fully saturated rings. The van der Waals surface area contributed by atoms with E-state index in [-0.39, 0.29) is 5.41 Å². The number of furan rings is 2. The van der Waals surface area contributed by atoms with Crippen LogP contribution in [-0.4, -0.2) is 9.97 Å². The van der Waals surface area contributed by atoms with E-state index in [1.807, 2.05) is 13.0 Å². The second-order valence-corrected chi connectivity index (χ2v) is 9.22. The highest BCUT2D eigenvalue weighted by molar-refractivity contribution is 6.16. The van der Waals surface area contributed by atoms with E-state index in [0.717, 1.165) is 44.3 Å². The number of benzene rings is 3. The van der Waals surface area contributed by atoms with Crippen LogP contribution < -0.4 is 0 Å². The van der Waals surface area contributed by atoms with Crippen molar-refractivity contribution >= 4 is 43.8 Å². The van der Waals surface area contributed by atoms with Crippen LogP contribution in [0.25, 0.3) is 55.1 Å². The van der Waals surface area contributed by atoms with Crippen molar-refractivity contribution in [2.45, 2.75) is 33.1 Å². The molecule has 3 aromatic carbocycles. The van der Waals surface area contributed by atoms with Crippen LogP contribution in [0.1, 0.15) is 32.1 Å². The lowest BCUT2D eigenvalue weighted by atomic mass is 9.82. The van der Waals surface area contributed by atoms with Gasteiger partial charge in [-0.1, -0.05) is 51.1 Å². The van der Waals surface area contributed by atoms with Gasteiger partial charge in [-0.05, 0) is 52.9 Å². The fourth-order valence-corrected chi connectivity index (χ4v) is 4.58. The maximum atomic E-state index is 6.18. The first-order chi connectivity index (χ1) is 14.9. The molecule has 6 aromatic rings. The Hall–Kier alpha value is -3.66. The molecule has 0 aliphatic heterocycles. The largest absolute Gasteiger partial charge is 0.457 e. The van der Waals surface area contributed by atoms with Crippen LogP contribution in [0.15, 0.2) is 69.8 Å². The summed E-state index contributed by atoms with van der Waals surface area (Å²) in [6.07, 6.45) is 1.58. The van der Waals surface area contributed by atoms with E-state index in [1.54, 1.807) is 6.33 Å². The first-order valence-corrected chi connectivity index (χ1v) is 10.5. The number of aromatic nitrogens is 2. The average molecular weight is 406 g/mol. The van der Waals surface area contributed by atoms with Crippen molar-refractivity contribution < 1.29 is 8.83 Å². The molecule has 0 atom stereocenters. The SMILES string of the molecule is Cc1cc2ccc3c(oc4ncnc(-c5cc(C(C)(C)C)c6ccccc6c5)c43)c2o1. The van der Waals surface area contributed by atoms with Gasteiger partial charge in [0.15, 0.2) is 11.2 Å². The third-order valence-electron chi connectivity index (χ3n) is 5.99. The molecule has 3 aromatic heterocycles. The summed E-state index contributed by atoms with van der Waals surface area (Å²) in [6, 6.07) is 19.2. The predicted octanol–water partition coefficient (Wildman–Crippen LogP) is 7.55. The third kappa shape index (κ3) is 2.68. The van der Waals surface area contributed by atoms with E-state index >= 15 is 0 Å². The Morgan fingerprint density at radius 3 is 2.45 bits per heavy atom. The Bertz CT molecular complexity index is 1630. The fraction of sp³-hybridized carbons (Fsp3) is 0.185. The molecular weight excluding hydrogens is 384 g/mol. The molecule has 0 bridgehead atoms. The molecule has 4 heteroatoms. The van der Waals surface area contributed by atoms with Gasteiger partial charge in [-0.25, -0.2) is 9.97 Å². The molecule has 0 spiro atoms. The van der Waals surface area contributed by atoms with Crippen LogP contribution in [0.4, 0.5) is 0 Å². The summed E-state index contributed by atoms with van der Waals surface area (Å²) in [7, 11) is 0. The molecule has 152 valence electrons. The minimum absolute atomic E-state index is 0.00190. The molecule has 31 heavy (non-hydrogen) atoms. The second kappa shape index (κ2) is 6.17. The summed E-state index contributed by atoms with van der Waals surface area (Å²) >= 11 is 0. The van der Waals surface area contributed by atoms with Crippen LogP contribution in [0.2, 0.25) is 0 Å². The zero-order valence-corrected chi connectivity index (χ0v) is 18.0. The van der Waals surface area contributed by atoms with E-state index < -0.39 is 0 Å². The minimum Gasteiger partial charge on any atom is -0.457 e. The van der Waals surface area contributed by atoms with Gasteiger partial charge in [0, 0.05) is 16.3 Å². The van der Waals surface area contributed by atoms with Crippen LogP contribution in [0, 0.1) is 6.92 Å². The van der Waals surface area contributed by atoms with E-state index in [1.165, 1.54) is 16.3 Å². The Labute approximate surface area is 179 Å². The van der Waals surface area contributed by atoms with Gasteiger partial charge in [-0.15, -0.1) is 0 Å². The molecule has 6 rings (SSSR count). The quantitative estimate of drug-likeness (QED) is 0.283. The number of hydrogen-bond donors (Lipinski definition) is 0. The molecule has 3 heterocycles. The van der Waals surface area contributed by atoms with E-state index in [2.05, 4.69) is 74.3 Å². The summed E-state index contributed by atoms with van der Waals surface area (Å²) in [5, 5.41) is 5.39. The molecule has 0 aliphatic rings. The van der Waals surface area contributed by atoms with Crippen LogP contribution in [0.3, 0.4) is 0 Å². The highest BCUT2D eigenvalue weighted by Gasteiger charge is 2.22. The number of hydrogen-bond acceptors (Lipinski definition) is 4. The molecule has 0 saturated heterocycles. The monoisotopic (exact) mass is 406 g/mol. The first kappa shape index (κ1) is 18.1. The predicted molar refractivity (Wildman–Crippen MR) is 125 cm³/mol. The number of rotatable bonds is 1.